The summed E-state index contributed by atoms with van der Waals surface area (Å²) in [5.74, 6) is -0.479. The van der Waals surface area contributed by atoms with Crippen LogP contribution in [0.3, 0.4) is 0 Å². The Labute approximate surface area is 217 Å². The molecule has 6 nitrogen and oxygen atoms in total. The predicted molar refractivity (Wildman–Crippen MR) is 144 cm³/mol. The van der Waals surface area contributed by atoms with Crippen LogP contribution in [-0.4, -0.2) is 41.8 Å². The molecule has 1 N–H and O–H groups in total. The van der Waals surface area contributed by atoms with Crippen LogP contribution in [-0.2, 0) is 16.1 Å². The van der Waals surface area contributed by atoms with E-state index >= 15 is 0 Å². The van der Waals surface area contributed by atoms with E-state index in [1.165, 1.54) is 12.1 Å². The molecular formula is C30H34FN3O3. The van der Waals surface area contributed by atoms with E-state index in [0.29, 0.717) is 31.5 Å². The summed E-state index contributed by atoms with van der Waals surface area (Å²) in [7, 11) is 0. The zero-order chi connectivity index (χ0) is 26.5. The fourth-order valence-electron chi connectivity index (χ4n) is 4.86. The first-order valence-corrected chi connectivity index (χ1v) is 12.9. The first-order chi connectivity index (χ1) is 17.8. The lowest BCUT2D eigenvalue weighted by Gasteiger charge is -2.31. The molecule has 0 radical (unpaired) electrons. The fraction of sp³-hybridized carbons (Fsp3) is 0.367. The number of carbonyl (C=O) groups is 3. The third kappa shape index (κ3) is 5.82. The Hall–Kier alpha value is -3.74. The van der Waals surface area contributed by atoms with Crippen molar-refractivity contribution in [2.24, 2.45) is 5.92 Å². The van der Waals surface area contributed by atoms with E-state index in [1.807, 2.05) is 57.2 Å². The van der Waals surface area contributed by atoms with Crippen LogP contribution in [0.5, 0.6) is 0 Å². The van der Waals surface area contributed by atoms with E-state index in [2.05, 4.69) is 5.32 Å². The normalized spacial score (nSPS) is 13.3. The Balaban J connectivity index is 1.47. The molecule has 1 heterocycles. The Morgan fingerprint density at radius 3 is 2.41 bits per heavy atom. The largest absolute Gasteiger partial charge is 0.354 e. The maximum atomic E-state index is 13.5. The molecular weight excluding hydrogens is 469 g/mol. The van der Waals surface area contributed by atoms with Crippen molar-refractivity contribution < 1.29 is 18.8 Å². The Morgan fingerprint density at radius 1 is 1.03 bits per heavy atom. The molecule has 0 saturated heterocycles. The molecule has 1 aliphatic rings. The maximum absolute atomic E-state index is 13.5. The van der Waals surface area contributed by atoms with Gasteiger partial charge in [-0.15, -0.1) is 0 Å². The number of benzene rings is 3. The van der Waals surface area contributed by atoms with Gasteiger partial charge in [0.25, 0.3) is 5.91 Å². The SMILES string of the molecule is CC[C@@H](C(=O)NCC(C)C)N(Cc1ccc(F)cc1)C(=O)CCCN1C(=O)c2cccc3cccc1c23. The molecule has 3 aromatic carbocycles. The van der Waals surface area contributed by atoms with Gasteiger partial charge in [-0.3, -0.25) is 14.4 Å². The smallest absolute Gasteiger partial charge is 0.258 e. The number of carbonyl (C=O) groups excluding carboxylic acids is 3. The van der Waals surface area contributed by atoms with Crippen molar-refractivity contribution in [3.05, 3.63) is 77.6 Å². The average molecular weight is 504 g/mol. The molecule has 1 atom stereocenters. The van der Waals surface area contributed by atoms with Crippen LogP contribution >= 0.6 is 0 Å². The van der Waals surface area contributed by atoms with E-state index in [4.69, 9.17) is 0 Å². The molecule has 0 spiro atoms. The van der Waals surface area contributed by atoms with Gasteiger partial charge in [-0.05, 0) is 54.0 Å². The molecule has 4 rings (SSSR count). The number of nitrogens with one attached hydrogen (secondary N) is 1. The Kier molecular flexibility index (Phi) is 8.21. The fourth-order valence-corrected chi connectivity index (χ4v) is 4.86. The Morgan fingerprint density at radius 2 is 1.73 bits per heavy atom. The second kappa shape index (κ2) is 11.5. The highest BCUT2D eigenvalue weighted by Crippen LogP contribution is 2.37. The van der Waals surface area contributed by atoms with Crippen molar-refractivity contribution in [2.45, 2.75) is 52.6 Å². The molecule has 194 valence electrons. The van der Waals surface area contributed by atoms with Gasteiger partial charge in [0, 0.05) is 37.0 Å². The number of amides is 3. The summed E-state index contributed by atoms with van der Waals surface area (Å²) < 4.78 is 13.5. The van der Waals surface area contributed by atoms with Crippen molar-refractivity contribution in [3.8, 4) is 0 Å². The maximum Gasteiger partial charge on any atom is 0.258 e. The highest BCUT2D eigenvalue weighted by atomic mass is 19.1. The molecule has 0 aromatic heterocycles. The summed E-state index contributed by atoms with van der Waals surface area (Å²) in [6.45, 7) is 7.05. The summed E-state index contributed by atoms with van der Waals surface area (Å²) in [5, 5.41) is 4.92. The van der Waals surface area contributed by atoms with Crippen molar-refractivity contribution in [1.82, 2.24) is 10.2 Å². The van der Waals surface area contributed by atoms with Crippen LogP contribution in [0.25, 0.3) is 10.8 Å². The summed E-state index contributed by atoms with van der Waals surface area (Å²) in [5.41, 5.74) is 2.31. The topological polar surface area (TPSA) is 69.7 Å². The molecule has 3 amide bonds. The predicted octanol–water partition coefficient (Wildman–Crippen LogP) is 5.30. The minimum atomic E-state index is -0.636. The van der Waals surface area contributed by atoms with Crippen molar-refractivity contribution in [2.75, 3.05) is 18.0 Å². The van der Waals surface area contributed by atoms with Crippen LogP contribution in [0, 0.1) is 11.7 Å². The molecule has 0 fully saturated rings. The van der Waals surface area contributed by atoms with Crippen LogP contribution in [0.15, 0.2) is 60.7 Å². The van der Waals surface area contributed by atoms with Gasteiger partial charge < -0.3 is 15.1 Å². The number of halogens is 1. The van der Waals surface area contributed by atoms with Gasteiger partial charge in [-0.2, -0.15) is 0 Å². The Bertz CT molecular complexity index is 1280. The van der Waals surface area contributed by atoms with E-state index in [1.54, 1.807) is 21.9 Å². The highest BCUT2D eigenvalue weighted by Gasteiger charge is 2.31. The zero-order valence-electron chi connectivity index (χ0n) is 21.7. The van der Waals surface area contributed by atoms with Crippen molar-refractivity contribution in [1.29, 1.82) is 0 Å². The standard InChI is InChI=1S/C30H34FN3O3/c1-4-25(29(36)32-18-20(2)3)34(19-21-13-15-23(31)16-14-21)27(35)12-7-17-33-26-11-6-9-22-8-5-10-24(28(22)26)30(33)37/h5-6,8-11,13-16,20,25H,4,7,12,17-19H2,1-3H3,(H,32,36)/t25-/m0/s1. The molecule has 3 aromatic rings. The lowest BCUT2D eigenvalue weighted by Crippen LogP contribution is -2.49. The summed E-state index contributed by atoms with van der Waals surface area (Å²) in [6, 6.07) is 16.9. The van der Waals surface area contributed by atoms with Gasteiger partial charge in [-0.25, -0.2) is 4.39 Å². The molecule has 0 saturated carbocycles. The van der Waals surface area contributed by atoms with Gasteiger partial charge in [0.15, 0.2) is 0 Å². The highest BCUT2D eigenvalue weighted by molar-refractivity contribution is 6.25. The number of hydrogen-bond acceptors (Lipinski definition) is 3. The molecule has 0 aliphatic carbocycles. The van der Waals surface area contributed by atoms with E-state index in [0.717, 1.165) is 22.0 Å². The molecule has 1 aliphatic heterocycles. The van der Waals surface area contributed by atoms with Gasteiger partial charge in [0.2, 0.25) is 11.8 Å². The monoisotopic (exact) mass is 503 g/mol. The second-order valence-electron chi connectivity index (χ2n) is 9.95. The molecule has 0 bridgehead atoms. The average Bonchev–Trinajstić information content (AvgIpc) is 3.16. The zero-order valence-corrected chi connectivity index (χ0v) is 21.7. The number of hydrogen-bond donors (Lipinski definition) is 1. The third-order valence-electron chi connectivity index (χ3n) is 6.76. The first-order valence-electron chi connectivity index (χ1n) is 12.9. The minimum absolute atomic E-state index is 0.0538. The summed E-state index contributed by atoms with van der Waals surface area (Å²) in [6.07, 6.45) is 1.10. The lowest BCUT2D eigenvalue weighted by atomic mass is 10.1. The van der Waals surface area contributed by atoms with Crippen LogP contribution in [0.1, 0.15) is 56.0 Å². The van der Waals surface area contributed by atoms with E-state index < -0.39 is 6.04 Å². The van der Waals surface area contributed by atoms with Crippen LogP contribution in [0.4, 0.5) is 10.1 Å². The van der Waals surface area contributed by atoms with E-state index in [9.17, 15) is 18.8 Å². The minimum Gasteiger partial charge on any atom is -0.354 e. The van der Waals surface area contributed by atoms with Gasteiger partial charge >= 0.3 is 0 Å². The summed E-state index contributed by atoms with van der Waals surface area (Å²) in [4.78, 5) is 42.9. The molecule has 7 heteroatoms. The van der Waals surface area contributed by atoms with Crippen molar-refractivity contribution >= 4 is 34.2 Å². The second-order valence-corrected chi connectivity index (χ2v) is 9.95. The van der Waals surface area contributed by atoms with Crippen LogP contribution < -0.4 is 10.2 Å². The molecule has 37 heavy (non-hydrogen) atoms. The third-order valence-corrected chi connectivity index (χ3v) is 6.76. The van der Waals surface area contributed by atoms with Crippen molar-refractivity contribution in [3.63, 3.8) is 0 Å². The van der Waals surface area contributed by atoms with E-state index in [-0.39, 0.29) is 42.4 Å². The van der Waals surface area contributed by atoms with Gasteiger partial charge in [0.1, 0.15) is 11.9 Å². The number of anilines is 1. The number of nitrogens with zero attached hydrogens (tertiary/aromatic N) is 2. The quantitative estimate of drug-likeness (QED) is 0.386. The lowest BCUT2D eigenvalue weighted by molar-refractivity contribution is -0.141. The first kappa shape index (κ1) is 26.3. The molecule has 0 unspecified atom stereocenters. The van der Waals surface area contributed by atoms with Gasteiger partial charge in [0.05, 0.1) is 5.69 Å². The van der Waals surface area contributed by atoms with Crippen LogP contribution in [0.2, 0.25) is 0 Å². The number of rotatable bonds is 11. The summed E-state index contributed by atoms with van der Waals surface area (Å²) >= 11 is 0. The van der Waals surface area contributed by atoms with Gasteiger partial charge in [-0.1, -0.05) is 57.2 Å².